The molecule has 0 fully saturated rings. The largest absolute Gasteiger partial charge is 0.459 e. The quantitative estimate of drug-likeness (QED) is 0.518. The van der Waals surface area contributed by atoms with Crippen molar-refractivity contribution >= 4 is 27.4 Å². The summed E-state index contributed by atoms with van der Waals surface area (Å²) >= 11 is 1.69. The summed E-state index contributed by atoms with van der Waals surface area (Å²) in [5.74, 6) is 0.949. The Morgan fingerprint density at radius 2 is 1.83 bits per heavy atom. The zero-order valence-corrected chi connectivity index (χ0v) is 13.6. The molecule has 0 atom stereocenters. The van der Waals surface area contributed by atoms with E-state index in [9.17, 15) is 0 Å². The van der Waals surface area contributed by atoms with E-state index >= 15 is 0 Å². The third-order valence-electron chi connectivity index (χ3n) is 3.75. The Balaban J connectivity index is 1.55. The van der Waals surface area contributed by atoms with Gasteiger partial charge < -0.3 is 9.32 Å². The highest BCUT2D eigenvalue weighted by atomic mass is 32.1. The maximum Gasteiger partial charge on any atom is 0.185 e. The summed E-state index contributed by atoms with van der Waals surface area (Å²) in [4.78, 5) is 7.84. The lowest BCUT2D eigenvalue weighted by Gasteiger charge is -2.13. The minimum absolute atomic E-state index is 0.705. The number of benzene rings is 2. The standard InChI is InChI=1S/C19H16N2OS/c1-21(13-16-11-15-9-5-6-10-17(15)22-16)19-20-12-18(23-19)14-7-3-2-4-8-14/h2-12H,13H2,1H3. The van der Waals surface area contributed by atoms with Crippen molar-refractivity contribution in [2.75, 3.05) is 11.9 Å². The smallest absolute Gasteiger partial charge is 0.185 e. The molecule has 4 heteroatoms. The van der Waals surface area contributed by atoms with Crippen LogP contribution in [0.1, 0.15) is 5.76 Å². The predicted octanol–water partition coefficient (Wildman–Crippen LogP) is 5.19. The van der Waals surface area contributed by atoms with Crippen LogP contribution in [0.25, 0.3) is 21.4 Å². The summed E-state index contributed by atoms with van der Waals surface area (Å²) in [5, 5.41) is 2.13. The van der Waals surface area contributed by atoms with Crippen LogP contribution in [-0.2, 0) is 6.54 Å². The Hall–Kier alpha value is -2.59. The van der Waals surface area contributed by atoms with E-state index in [0.717, 1.165) is 21.9 Å². The minimum Gasteiger partial charge on any atom is -0.459 e. The van der Waals surface area contributed by atoms with Gasteiger partial charge in [-0.3, -0.25) is 0 Å². The number of furan rings is 1. The van der Waals surface area contributed by atoms with Crippen LogP contribution >= 0.6 is 11.3 Å². The van der Waals surface area contributed by atoms with Crippen LogP contribution in [0.15, 0.2) is 71.3 Å². The van der Waals surface area contributed by atoms with Crippen molar-refractivity contribution in [3.05, 3.63) is 72.6 Å². The first-order valence-corrected chi connectivity index (χ1v) is 8.31. The van der Waals surface area contributed by atoms with Crippen LogP contribution < -0.4 is 4.90 Å². The maximum absolute atomic E-state index is 5.89. The molecule has 0 spiro atoms. The van der Waals surface area contributed by atoms with E-state index in [1.165, 1.54) is 10.4 Å². The molecule has 0 aliphatic rings. The van der Waals surface area contributed by atoms with Crippen LogP contribution in [0.3, 0.4) is 0 Å². The number of anilines is 1. The van der Waals surface area contributed by atoms with Crippen LogP contribution in [0.2, 0.25) is 0 Å². The van der Waals surface area contributed by atoms with Gasteiger partial charge in [0.1, 0.15) is 11.3 Å². The average Bonchev–Trinajstić information content (AvgIpc) is 3.22. The molecule has 0 bridgehead atoms. The van der Waals surface area contributed by atoms with Gasteiger partial charge in [0.2, 0.25) is 0 Å². The molecule has 0 saturated heterocycles. The van der Waals surface area contributed by atoms with Gasteiger partial charge in [-0.2, -0.15) is 0 Å². The first kappa shape index (κ1) is 14.0. The van der Waals surface area contributed by atoms with Gasteiger partial charge in [0, 0.05) is 18.6 Å². The number of aromatic nitrogens is 1. The number of thiazole rings is 1. The Labute approximate surface area is 138 Å². The van der Waals surface area contributed by atoms with Gasteiger partial charge in [0.15, 0.2) is 5.13 Å². The van der Waals surface area contributed by atoms with E-state index in [2.05, 4.69) is 34.1 Å². The number of hydrogen-bond donors (Lipinski definition) is 0. The Morgan fingerprint density at radius 3 is 2.65 bits per heavy atom. The summed E-state index contributed by atoms with van der Waals surface area (Å²) in [7, 11) is 2.04. The lowest BCUT2D eigenvalue weighted by molar-refractivity contribution is 0.546. The summed E-state index contributed by atoms with van der Waals surface area (Å²) < 4.78 is 5.89. The molecule has 0 radical (unpaired) electrons. The lowest BCUT2D eigenvalue weighted by atomic mass is 10.2. The van der Waals surface area contributed by atoms with Crippen molar-refractivity contribution in [3.63, 3.8) is 0 Å². The molecule has 3 nitrogen and oxygen atoms in total. The molecule has 4 aromatic rings. The molecular weight excluding hydrogens is 304 g/mol. The topological polar surface area (TPSA) is 29.3 Å². The molecule has 23 heavy (non-hydrogen) atoms. The third-order valence-corrected chi connectivity index (χ3v) is 4.91. The van der Waals surface area contributed by atoms with Crippen molar-refractivity contribution in [2.24, 2.45) is 0 Å². The summed E-state index contributed by atoms with van der Waals surface area (Å²) in [6.45, 7) is 0.705. The number of rotatable bonds is 4. The summed E-state index contributed by atoms with van der Waals surface area (Å²) in [6.07, 6.45) is 1.93. The number of fused-ring (bicyclic) bond motifs is 1. The highest BCUT2D eigenvalue weighted by molar-refractivity contribution is 7.18. The van der Waals surface area contributed by atoms with Gasteiger partial charge >= 0.3 is 0 Å². The zero-order valence-electron chi connectivity index (χ0n) is 12.8. The lowest BCUT2D eigenvalue weighted by Crippen LogP contribution is -2.15. The highest BCUT2D eigenvalue weighted by Crippen LogP contribution is 2.31. The van der Waals surface area contributed by atoms with Crippen molar-refractivity contribution in [1.82, 2.24) is 4.98 Å². The summed E-state index contributed by atoms with van der Waals surface area (Å²) in [6, 6.07) is 20.5. The fraction of sp³-hybridized carbons (Fsp3) is 0.105. The zero-order chi connectivity index (χ0) is 15.6. The monoisotopic (exact) mass is 320 g/mol. The fourth-order valence-corrected chi connectivity index (χ4v) is 3.48. The van der Waals surface area contributed by atoms with Gasteiger partial charge in [-0.25, -0.2) is 4.98 Å². The Morgan fingerprint density at radius 1 is 1.04 bits per heavy atom. The average molecular weight is 320 g/mol. The van der Waals surface area contributed by atoms with E-state index in [1.54, 1.807) is 11.3 Å². The first-order valence-electron chi connectivity index (χ1n) is 7.49. The van der Waals surface area contributed by atoms with Crippen LogP contribution in [-0.4, -0.2) is 12.0 Å². The second-order valence-electron chi connectivity index (χ2n) is 5.48. The normalized spacial score (nSPS) is 11.0. The van der Waals surface area contributed by atoms with E-state index in [-0.39, 0.29) is 0 Å². The molecule has 114 valence electrons. The molecule has 0 unspecified atom stereocenters. The minimum atomic E-state index is 0.705. The molecule has 2 heterocycles. The molecular formula is C19H16N2OS. The summed E-state index contributed by atoms with van der Waals surface area (Å²) in [5.41, 5.74) is 2.13. The first-order chi connectivity index (χ1) is 11.3. The molecule has 4 rings (SSSR count). The molecule has 2 aromatic heterocycles. The Bertz CT molecular complexity index is 894. The van der Waals surface area contributed by atoms with Gasteiger partial charge in [-0.1, -0.05) is 59.9 Å². The van der Waals surface area contributed by atoms with E-state index in [4.69, 9.17) is 4.42 Å². The second-order valence-corrected chi connectivity index (χ2v) is 6.49. The SMILES string of the molecule is CN(Cc1cc2ccccc2o1)c1ncc(-c2ccccc2)s1. The third kappa shape index (κ3) is 2.85. The van der Waals surface area contributed by atoms with Crippen LogP contribution in [0.4, 0.5) is 5.13 Å². The number of nitrogens with zero attached hydrogens (tertiary/aromatic N) is 2. The highest BCUT2D eigenvalue weighted by Gasteiger charge is 2.11. The van der Waals surface area contributed by atoms with E-state index in [0.29, 0.717) is 6.54 Å². The van der Waals surface area contributed by atoms with E-state index in [1.807, 2.05) is 49.6 Å². The molecule has 0 aliphatic carbocycles. The molecule has 0 saturated carbocycles. The van der Waals surface area contributed by atoms with Gasteiger partial charge in [0.25, 0.3) is 0 Å². The van der Waals surface area contributed by atoms with E-state index < -0.39 is 0 Å². The van der Waals surface area contributed by atoms with Crippen LogP contribution in [0, 0.1) is 0 Å². The van der Waals surface area contributed by atoms with Crippen LogP contribution in [0.5, 0.6) is 0 Å². The molecule has 0 aliphatic heterocycles. The van der Waals surface area contributed by atoms with Gasteiger partial charge in [-0.05, 0) is 17.7 Å². The number of para-hydroxylation sites is 1. The number of hydrogen-bond acceptors (Lipinski definition) is 4. The molecule has 0 amide bonds. The predicted molar refractivity (Wildman–Crippen MR) is 95.9 cm³/mol. The second kappa shape index (κ2) is 5.89. The molecule has 0 N–H and O–H groups in total. The van der Waals surface area contributed by atoms with Crippen molar-refractivity contribution in [1.29, 1.82) is 0 Å². The van der Waals surface area contributed by atoms with Crippen molar-refractivity contribution in [3.8, 4) is 10.4 Å². The maximum atomic E-state index is 5.89. The van der Waals surface area contributed by atoms with Gasteiger partial charge in [-0.15, -0.1) is 0 Å². The molecule has 2 aromatic carbocycles. The van der Waals surface area contributed by atoms with Crippen molar-refractivity contribution in [2.45, 2.75) is 6.54 Å². The van der Waals surface area contributed by atoms with Crippen molar-refractivity contribution < 1.29 is 4.42 Å². The Kier molecular flexibility index (Phi) is 3.60. The fourth-order valence-electron chi connectivity index (χ4n) is 2.59. The van der Waals surface area contributed by atoms with Gasteiger partial charge in [0.05, 0.1) is 11.4 Å².